The smallest absolute Gasteiger partial charge is 0.217 e. The topological polar surface area (TPSA) is 60.5 Å². The molecule has 3 rings (SSSR count). The number of nitrogens with two attached hydrogens (primary N) is 1. The molecule has 1 aliphatic heterocycles. The van der Waals surface area contributed by atoms with Crippen LogP contribution in [-0.2, 0) is 0 Å². The Kier molecular flexibility index (Phi) is 6.56. The van der Waals surface area contributed by atoms with E-state index in [1.165, 1.54) is 51.6 Å². The van der Waals surface area contributed by atoms with Crippen molar-refractivity contribution in [2.45, 2.75) is 83.3 Å². The lowest BCUT2D eigenvalue weighted by molar-refractivity contribution is 0.0528. The lowest BCUT2D eigenvalue weighted by atomic mass is 9.89. The second-order valence-corrected chi connectivity index (χ2v) is 8.62. The molecule has 2 N–H and O–H groups in total. The number of hydrogen-bond donors (Lipinski definition) is 1. The predicted molar refractivity (Wildman–Crippen MR) is 109 cm³/mol. The number of rotatable bonds is 6. The summed E-state index contributed by atoms with van der Waals surface area (Å²) >= 11 is 0. The van der Waals surface area contributed by atoms with Gasteiger partial charge in [0.15, 0.2) is 0 Å². The Morgan fingerprint density at radius 2 is 1.77 bits per heavy atom. The molecule has 1 unspecified atom stereocenters. The molecule has 1 heterocycles. The van der Waals surface area contributed by atoms with E-state index in [9.17, 15) is 0 Å². The van der Waals surface area contributed by atoms with Gasteiger partial charge in [0, 0.05) is 26.2 Å². The first-order valence-corrected chi connectivity index (χ1v) is 10.5. The minimum atomic E-state index is 0.348. The van der Waals surface area contributed by atoms with Gasteiger partial charge >= 0.3 is 0 Å². The molecule has 148 valence electrons. The van der Waals surface area contributed by atoms with Crippen LogP contribution in [0.4, 0.5) is 0 Å². The molecule has 1 atom stereocenters. The Morgan fingerprint density at radius 1 is 1.12 bits per heavy atom. The number of amidine groups is 1. The van der Waals surface area contributed by atoms with Crippen LogP contribution in [0.25, 0.3) is 0 Å². The molecule has 0 aromatic rings. The summed E-state index contributed by atoms with van der Waals surface area (Å²) in [6.07, 6.45) is 10.2. The molecular formula is C20H38N6. The van der Waals surface area contributed by atoms with Gasteiger partial charge in [-0.2, -0.15) is 4.99 Å². The molecule has 6 heteroatoms. The number of nitrogens with zero attached hydrogens (tertiary/aromatic N) is 5. The molecule has 0 amide bonds. The molecule has 2 saturated carbocycles. The van der Waals surface area contributed by atoms with Gasteiger partial charge in [-0.3, -0.25) is 5.01 Å². The van der Waals surface area contributed by atoms with E-state index in [-0.39, 0.29) is 0 Å². The minimum absolute atomic E-state index is 0.348. The fourth-order valence-corrected chi connectivity index (χ4v) is 4.22. The normalized spacial score (nSPS) is 29.6. The van der Waals surface area contributed by atoms with Crippen LogP contribution < -0.4 is 5.73 Å². The Hall–Kier alpha value is -1.14. The van der Waals surface area contributed by atoms with Gasteiger partial charge in [0.2, 0.25) is 5.96 Å². The summed E-state index contributed by atoms with van der Waals surface area (Å²) in [5.74, 6) is 2.27. The van der Waals surface area contributed by atoms with Gasteiger partial charge in [-0.1, -0.05) is 12.8 Å². The van der Waals surface area contributed by atoms with Crippen molar-refractivity contribution in [2.24, 2.45) is 21.6 Å². The van der Waals surface area contributed by atoms with Crippen LogP contribution in [0, 0.1) is 5.92 Å². The Labute approximate surface area is 159 Å². The number of guanidine groups is 1. The van der Waals surface area contributed by atoms with E-state index in [1.54, 1.807) is 0 Å². The lowest BCUT2D eigenvalue weighted by Gasteiger charge is -2.41. The maximum absolute atomic E-state index is 6.15. The standard InChI is InChI=1S/C20H38N6/c1-15(14-17-6-7-17)24(3)25(4)16(2)22-20(21)23-18-8-10-19(11-9-18)26-12-5-13-26/h15,17-19H,5-14H2,1-4H3,(H2,21,23). The van der Waals surface area contributed by atoms with Crippen molar-refractivity contribution in [3.05, 3.63) is 0 Å². The minimum Gasteiger partial charge on any atom is -0.368 e. The fourth-order valence-electron chi connectivity index (χ4n) is 4.22. The highest BCUT2D eigenvalue weighted by molar-refractivity contribution is 5.93. The summed E-state index contributed by atoms with van der Waals surface area (Å²) in [6, 6.07) is 1.66. The van der Waals surface area contributed by atoms with E-state index in [0.29, 0.717) is 18.0 Å². The molecule has 0 radical (unpaired) electrons. The largest absolute Gasteiger partial charge is 0.368 e. The van der Waals surface area contributed by atoms with Crippen molar-refractivity contribution in [1.29, 1.82) is 0 Å². The Morgan fingerprint density at radius 3 is 2.31 bits per heavy atom. The highest BCUT2D eigenvalue weighted by atomic mass is 15.6. The van der Waals surface area contributed by atoms with Crippen LogP contribution >= 0.6 is 0 Å². The van der Waals surface area contributed by atoms with E-state index < -0.39 is 0 Å². The zero-order chi connectivity index (χ0) is 18.7. The monoisotopic (exact) mass is 362 g/mol. The summed E-state index contributed by atoms with van der Waals surface area (Å²) < 4.78 is 0. The highest BCUT2D eigenvalue weighted by Gasteiger charge is 2.29. The number of hydrogen-bond acceptors (Lipinski definition) is 3. The van der Waals surface area contributed by atoms with Crippen LogP contribution in [0.2, 0.25) is 0 Å². The Bertz CT molecular complexity index is 514. The zero-order valence-electron chi connectivity index (χ0n) is 17.2. The quantitative estimate of drug-likeness (QED) is 0.448. The molecule has 3 fully saturated rings. The van der Waals surface area contributed by atoms with Gasteiger partial charge in [0.25, 0.3) is 0 Å². The van der Waals surface area contributed by atoms with Crippen LogP contribution in [0.5, 0.6) is 0 Å². The number of hydrazine groups is 1. The third-order valence-electron chi connectivity index (χ3n) is 6.62. The molecule has 26 heavy (non-hydrogen) atoms. The maximum Gasteiger partial charge on any atom is 0.217 e. The summed E-state index contributed by atoms with van der Waals surface area (Å²) in [7, 11) is 4.20. The lowest BCUT2D eigenvalue weighted by Crippen LogP contribution is -2.47. The second kappa shape index (κ2) is 8.70. The first-order chi connectivity index (χ1) is 12.4. The van der Waals surface area contributed by atoms with Crippen LogP contribution in [0.1, 0.15) is 65.2 Å². The third-order valence-corrected chi connectivity index (χ3v) is 6.62. The van der Waals surface area contributed by atoms with Crippen LogP contribution in [-0.4, -0.2) is 72.0 Å². The molecule has 1 saturated heterocycles. The number of likely N-dealkylation sites (tertiary alicyclic amines) is 1. The van der Waals surface area contributed by atoms with Crippen molar-refractivity contribution < 1.29 is 0 Å². The van der Waals surface area contributed by atoms with Crippen molar-refractivity contribution in [3.63, 3.8) is 0 Å². The Balaban J connectivity index is 1.48. The first kappa shape index (κ1) is 19.6. The van der Waals surface area contributed by atoms with Crippen molar-refractivity contribution in [1.82, 2.24) is 14.9 Å². The molecule has 0 aromatic carbocycles. The fraction of sp³-hybridized carbons (Fsp3) is 0.900. The molecule has 0 bridgehead atoms. The molecule has 0 spiro atoms. The van der Waals surface area contributed by atoms with E-state index in [4.69, 9.17) is 10.7 Å². The number of aliphatic imine (C=N–C) groups is 2. The highest BCUT2D eigenvalue weighted by Crippen LogP contribution is 2.34. The molecule has 0 aromatic heterocycles. The SMILES string of the molecule is CC(=NC(N)=NC1CCC(N2CCC2)CC1)N(C)N(C)C(C)CC1CC1. The second-order valence-electron chi connectivity index (χ2n) is 8.62. The van der Waals surface area contributed by atoms with E-state index >= 15 is 0 Å². The average Bonchev–Trinajstić information content (AvgIpc) is 3.37. The van der Waals surface area contributed by atoms with Crippen LogP contribution in [0.15, 0.2) is 9.98 Å². The molecular weight excluding hydrogens is 324 g/mol. The summed E-state index contributed by atoms with van der Waals surface area (Å²) in [4.78, 5) is 11.9. The first-order valence-electron chi connectivity index (χ1n) is 10.5. The molecule has 3 aliphatic rings. The van der Waals surface area contributed by atoms with E-state index in [1.807, 2.05) is 6.92 Å². The van der Waals surface area contributed by atoms with Crippen molar-refractivity contribution in [2.75, 3.05) is 27.2 Å². The van der Waals surface area contributed by atoms with Gasteiger partial charge in [-0.25, -0.2) is 10.0 Å². The van der Waals surface area contributed by atoms with Gasteiger partial charge < -0.3 is 10.6 Å². The average molecular weight is 363 g/mol. The van der Waals surface area contributed by atoms with Crippen molar-refractivity contribution in [3.8, 4) is 0 Å². The molecule has 6 nitrogen and oxygen atoms in total. The van der Waals surface area contributed by atoms with Gasteiger partial charge in [-0.15, -0.1) is 0 Å². The van der Waals surface area contributed by atoms with Crippen LogP contribution in [0.3, 0.4) is 0 Å². The van der Waals surface area contributed by atoms with Gasteiger partial charge in [0.1, 0.15) is 5.84 Å². The van der Waals surface area contributed by atoms with E-state index in [0.717, 1.165) is 30.6 Å². The van der Waals surface area contributed by atoms with Gasteiger partial charge in [-0.05, 0) is 71.4 Å². The third kappa shape index (κ3) is 5.19. The van der Waals surface area contributed by atoms with Gasteiger partial charge in [0.05, 0.1) is 6.04 Å². The summed E-state index contributed by atoms with van der Waals surface area (Å²) in [6.45, 7) is 6.89. The molecule has 2 aliphatic carbocycles. The maximum atomic E-state index is 6.15. The van der Waals surface area contributed by atoms with Crippen molar-refractivity contribution >= 4 is 11.8 Å². The van der Waals surface area contributed by atoms with E-state index in [2.05, 4.69) is 40.9 Å². The summed E-state index contributed by atoms with van der Waals surface area (Å²) in [5, 5.41) is 4.37. The predicted octanol–water partition coefficient (Wildman–Crippen LogP) is 2.70. The zero-order valence-corrected chi connectivity index (χ0v) is 17.2. The summed E-state index contributed by atoms with van der Waals surface area (Å²) in [5.41, 5.74) is 6.15.